The summed E-state index contributed by atoms with van der Waals surface area (Å²) in [5, 5.41) is 9.44. The van der Waals surface area contributed by atoms with Gasteiger partial charge in [-0.25, -0.2) is 0 Å². The zero-order valence-electron chi connectivity index (χ0n) is 24.3. The van der Waals surface area contributed by atoms with Crippen LogP contribution in [0.5, 0.6) is 5.75 Å². The number of hydrogen-bond donors (Lipinski definition) is 0. The van der Waals surface area contributed by atoms with E-state index in [9.17, 15) is 10.1 Å². The van der Waals surface area contributed by atoms with Gasteiger partial charge in [0.15, 0.2) is 0 Å². The first-order chi connectivity index (χ1) is 19.3. The molecule has 3 heterocycles. The molecule has 1 aliphatic heterocycles. The van der Waals surface area contributed by atoms with Gasteiger partial charge in [-0.2, -0.15) is 5.26 Å². The Morgan fingerprint density at radius 1 is 1.12 bits per heavy atom. The summed E-state index contributed by atoms with van der Waals surface area (Å²) in [6.07, 6.45) is 7.66. The van der Waals surface area contributed by atoms with Crippen molar-refractivity contribution in [1.82, 2.24) is 19.8 Å². The lowest BCUT2D eigenvalue weighted by Gasteiger charge is -2.35. The molecule has 7 heteroatoms. The molecule has 1 fully saturated rings. The van der Waals surface area contributed by atoms with E-state index >= 15 is 0 Å². The first-order valence-corrected chi connectivity index (χ1v) is 14.5. The van der Waals surface area contributed by atoms with Gasteiger partial charge in [-0.05, 0) is 100 Å². The molecule has 7 nitrogen and oxygen atoms in total. The maximum absolute atomic E-state index is 14.2. The Hall–Kier alpha value is -3.76. The highest BCUT2D eigenvalue weighted by Crippen LogP contribution is 2.42. The fraction of sp³-hybridized carbons (Fsp3) is 0.455. The molecule has 1 saturated carbocycles. The van der Waals surface area contributed by atoms with Crippen LogP contribution in [0.3, 0.4) is 0 Å². The van der Waals surface area contributed by atoms with Crippen molar-refractivity contribution in [3.8, 4) is 22.9 Å². The van der Waals surface area contributed by atoms with E-state index in [1.165, 1.54) is 24.0 Å². The molecule has 3 aromatic rings. The van der Waals surface area contributed by atoms with Crippen molar-refractivity contribution in [3.05, 3.63) is 75.9 Å². The second kappa shape index (κ2) is 11.8. The molecular weight excluding hydrogens is 498 g/mol. The van der Waals surface area contributed by atoms with E-state index in [0.717, 1.165) is 59.6 Å². The van der Waals surface area contributed by atoms with Crippen LogP contribution in [0.15, 0.2) is 36.7 Å². The second-order valence-corrected chi connectivity index (χ2v) is 11.1. The summed E-state index contributed by atoms with van der Waals surface area (Å²) in [6, 6.07) is 10.4. The molecule has 0 radical (unpaired) electrons. The average Bonchev–Trinajstić information content (AvgIpc) is 3.82. The van der Waals surface area contributed by atoms with E-state index in [1.54, 1.807) is 12.3 Å². The fourth-order valence-corrected chi connectivity index (χ4v) is 5.57. The third-order valence-electron chi connectivity index (χ3n) is 8.38. The fourth-order valence-electron chi connectivity index (χ4n) is 5.57. The summed E-state index contributed by atoms with van der Waals surface area (Å²) >= 11 is 0. The predicted molar refractivity (Wildman–Crippen MR) is 157 cm³/mol. The first-order valence-electron chi connectivity index (χ1n) is 14.5. The Bertz CT molecular complexity index is 1460. The van der Waals surface area contributed by atoms with Gasteiger partial charge in [0.2, 0.25) is 0 Å². The third kappa shape index (κ3) is 5.59. The van der Waals surface area contributed by atoms with Gasteiger partial charge in [-0.1, -0.05) is 13.0 Å². The van der Waals surface area contributed by atoms with Crippen molar-refractivity contribution in [1.29, 1.82) is 5.26 Å². The highest BCUT2D eigenvalue weighted by atomic mass is 16.5. The number of nitriles is 1. The summed E-state index contributed by atoms with van der Waals surface area (Å²) in [4.78, 5) is 27.7. The minimum absolute atomic E-state index is 0.0220. The smallest absolute Gasteiger partial charge is 0.254 e. The standard InChI is InChI=1S/C33H39N5O2/c1-6-37(5)12-10-23-14-29(28-16-25(24-8-9-24)19-35-21(28)3)27-11-13-38(33(39)30(27)15-23)22(4)31-17-32(40-7-2)26(18-34)20-36-31/h14-17,19-20,22,24H,6-13H2,1-5H3/t22-/m0/s1. The number of benzene rings is 1. The molecule has 0 N–H and O–H groups in total. The topological polar surface area (TPSA) is 82.3 Å². The molecule has 208 valence electrons. The highest BCUT2D eigenvalue weighted by Gasteiger charge is 2.32. The molecule has 1 amide bonds. The van der Waals surface area contributed by atoms with Crippen molar-refractivity contribution in [2.24, 2.45) is 0 Å². The van der Waals surface area contributed by atoms with Crippen LogP contribution in [0.2, 0.25) is 0 Å². The zero-order chi connectivity index (χ0) is 28.4. The zero-order valence-corrected chi connectivity index (χ0v) is 24.3. The quantitative estimate of drug-likeness (QED) is 0.323. The first kappa shape index (κ1) is 27.8. The predicted octanol–water partition coefficient (Wildman–Crippen LogP) is 5.85. The molecule has 1 aliphatic carbocycles. The number of pyridine rings is 2. The monoisotopic (exact) mass is 537 g/mol. The summed E-state index contributed by atoms with van der Waals surface area (Å²) in [6.45, 7) is 11.1. The second-order valence-electron chi connectivity index (χ2n) is 11.1. The van der Waals surface area contributed by atoms with Crippen molar-refractivity contribution < 1.29 is 9.53 Å². The number of nitrogens with zero attached hydrogens (tertiary/aromatic N) is 5. The molecular formula is C33H39N5O2. The van der Waals surface area contributed by atoms with Crippen molar-refractivity contribution in [2.75, 3.05) is 33.3 Å². The number of rotatable bonds is 10. The normalized spacial score (nSPS) is 15.6. The van der Waals surface area contributed by atoms with Crippen LogP contribution in [-0.2, 0) is 12.8 Å². The minimum atomic E-state index is -0.257. The van der Waals surface area contributed by atoms with E-state index in [0.29, 0.717) is 30.4 Å². The molecule has 0 spiro atoms. The van der Waals surface area contributed by atoms with E-state index in [2.05, 4.69) is 55.0 Å². The van der Waals surface area contributed by atoms with Crippen LogP contribution >= 0.6 is 0 Å². The van der Waals surface area contributed by atoms with Crippen LogP contribution in [0.4, 0.5) is 0 Å². The van der Waals surface area contributed by atoms with E-state index in [-0.39, 0.29) is 11.9 Å². The van der Waals surface area contributed by atoms with Crippen molar-refractivity contribution in [3.63, 3.8) is 0 Å². The average molecular weight is 538 g/mol. The lowest BCUT2D eigenvalue weighted by molar-refractivity contribution is 0.0669. The van der Waals surface area contributed by atoms with Crippen LogP contribution < -0.4 is 4.74 Å². The van der Waals surface area contributed by atoms with Gasteiger partial charge in [0.25, 0.3) is 5.91 Å². The van der Waals surface area contributed by atoms with Crippen molar-refractivity contribution >= 4 is 5.91 Å². The summed E-state index contributed by atoms with van der Waals surface area (Å²) in [5.41, 5.74) is 8.78. The van der Waals surface area contributed by atoms with E-state index in [1.807, 2.05) is 24.9 Å². The van der Waals surface area contributed by atoms with Crippen LogP contribution in [0.25, 0.3) is 11.1 Å². The number of carbonyl (C=O) groups is 1. The molecule has 2 aromatic heterocycles. The van der Waals surface area contributed by atoms with Crippen molar-refractivity contribution in [2.45, 2.75) is 65.3 Å². The number of likely N-dealkylation sites (N-methyl/N-ethyl adjacent to an activating group) is 1. The van der Waals surface area contributed by atoms with Crippen LogP contribution in [0, 0.1) is 18.3 Å². The van der Waals surface area contributed by atoms with E-state index in [4.69, 9.17) is 9.72 Å². The number of amides is 1. The largest absolute Gasteiger partial charge is 0.492 e. The van der Waals surface area contributed by atoms with Crippen LogP contribution in [0.1, 0.15) is 89.6 Å². The molecule has 0 bridgehead atoms. The molecule has 0 unspecified atom stereocenters. The maximum Gasteiger partial charge on any atom is 0.254 e. The van der Waals surface area contributed by atoms with E-state index < -0.39 is 0 Å². The molecule has 1 aromatic carbocycles. The number of carbonyl (C=O) groups excluding carboxylic acids is 1. The maximum atomic E-state index is 14.2. The molecule has 5 rings (SSSR count). The SMILES string of the molecule is CCOc1cc([C@H](C)N2CCc3c(cc(CCN(C)CC)cc3-c3cc(C4CC4)cnc3C)C2=O)ncc1C#N. The number of ether oxygens (including phenoxy) is 1. The number of aromatic nitrogens is 2. The number of fused-ring (bicyclic) bond motifs is 1. The summed E-state index contributed by atoms with van der Waals surface area (Å²) in [5.74, 6) is 1.15. The highest BCUT2D eigenvalue weighted by molar-refractivity contribution is 5.99. The molecule has 2 aliphatic rings. The van der Waals surface area contributed by atoms with Gasteiger partial charge in [0.1, 0.15) is 17.4 Å². The molecule has 1 atom stereocenters. The lowest BCUT2D eigenvalue weighted by atomic mass is 9.86. The summed E-state index contributed by atoms with van der Waals surface area (Å²) in [7, 11) is 2.13. The van der Waals surface area contributed by atoms with Gasteiger partial charge >= 0.3 is 0 Å². The number of aryl methyl sites for hydroxylation is 1. The molecule has 40 heavy (non-hydrogen) atoms. The molecule has 0 saturated heterocycles. The van der Waals surface area contributed by atoms with Gasteiger partial charge in [0.05, 0.1) is 18.3 Å². The third-order valence-corrected chi connectivity index (χ3v) is 8.38. The Balaban J connectivity index is 1.54. The van der Waals surface area contributed by atoms with Gasteiger partial charge in [-0.3, -0.25) is 14.8 Å². The van der Waals surface area contributed by atoms with Gasteiger partial charge in [0, 0.05) is 48.4 Å². The Morgan fingerprint density at radius 2 is 1.90 bits per heavy atom. The Kier molecular flexibility index (Phi) is 8.18. The summed E-state index contributed by atoms with van der Waals surface area (Å²) < 4.78 is 5.69. The van der Waals surface area contributed by atoms with Crippen LogP contribution in [-0.4, -0.2) is 59.0 Å². The van der Waals surface area contributed by atoms with Gasteiger partial charge in [-0.15, -0.1) is 0 Å². The lowest BCUT2D eigenvalue weighted by Crippen LogP contribution is -2.40. The Labute approximate surface area is 237 Å². The minimum Gasteiger partial charge on any atom is -0.492 e. The Morgan fingerprint density at radius 3 is 2.60 bits per heavy atom. The number of hydrogen-bond acceptors (Lipinski definition) is 6. The van der Waals surface area contributed by atoms with Gasteiger partial charge < -0.3 is 14.5 Å².